The van der Waals surface area contributed by atoms with Gasteiger partial charge < -0.3 is 10.4 Å². The minimum Gasteiger partial charge on any atom is -0.382 e. The lowest BCUT2D eigenvalue weighted by Gasteiger charge is -2.17. The van der Waals surface area contributed by atoms with E-state index in [0.29, 0.717) is 5.69 Å². The quantitative estimate of drug-likeness (QED) is 0.841. The number of hydrogen-bond acceptors (Lipinski definition) is 2. The van der Waals surface area contributed by atoms with E-state index in [0.717, 1.165) is 11.1 Å². The van der Waals surface area contributed by atoms with Gasteiger partial charge in [0.05, 0.1) is 0 Å². The Kier molecular flexibility index (Phi) is 3.80. The molecule has 0 saturated carbocycles. The first-order chi connectivity index (χ1) is 7.30. The SMILES string of the molecule is Cc1ccc(C)c(NCC(O)C(F)(F)F)c1. The fourth-order valence-corrected chi connectivity index (χ4v) is 1.25. The van der Waals surface area contributed by atoms with E-state index in [4.69, 9.17) is 5.11 Å². The van der Waals surface area contributed by atoms with E-state index in [9.17, 15) is 13.2 Å². The minimum absolute atomic E-state index is 0.534. The van der Waals surface area contributed by atoms with Gasteiger partial charge in [-0.25, -0.2) is 0 Å². The molecule has 0 fully saturated rings. The zero-order valence-electron chi connectivity index (χ0n) is 9.10. The fraction of sp³-hybridized carbons (Fsp3) is 0.455. The smallest absolute Gasteiger partial charge is 0.382 e. The maximum absolute atomic E-state index is 12.0. The Labute approximate surface area is 92.1 Å². The van der Waals surface area contributed by atoms with Gasteiger partial charge >= 0.3 is 6.18 Å². The molecule has 0 aliphatic rings. The minimum atomic E-state index is -4.58. The average Bonchev–Trinajstić information content (AvgIpc) is 2.17. The average molecular weight is 233 g/mol. The predicted octanol–water partition coefficient (Wildman–Crippen LogP) is 2.64. The number of hydrogen-bond donors (Lipinski definition) is 2. The van der Waals surface area contributed by atoms with Crippen molar-refractivity contribution >= 4 is 5.69 Å². The van der Waals surface area contributed by atoms with Crippen molar-refractivity contribution in [2.45, 2.75) is 26.1 Å². The van der Waals surface area contributed by atoms with E-state index >= 15 is 0 Å². The van der Waals surface area contributed by atoms with Crippen LogP contribution in [0.25, 0.3) is 0 Å². The molecule has 1 unspecified atom stereocenters. The molecule has 5 heteroatoms. The molecule has 0 aromatic heterocycles. The number of nitrogens with one attached hydrogen (secondary N) is 1. The van der Waals surface area contributed by atoms with Gasteiger partial charge in [0.2, 0.25) is 0 Å². The van der Waals surface area contributed by atoms with E-state index in [1.165, 1.54) is 0 Å². The zero-order valence-corrected chi connectivity index (χ0v) is 9.10. The second-order valence-electron chi connectivity index (χ2n) is 3.76. The van der Waals surface area contributed by atoms with Crippen molar-refractivity contribution in [3.63, 3.8) is 0 Å². The van der Waals surface area contributed by atoms with Crippen molar-refractivity contribution in [2.24, 2.45) is 0 Å². The van der Waals surface area contributed by atoms with Crippen molar-refractivity contribution in [1.29, 1.82) is 0 Å². The van der Waals surface area contributed by atoms with Crippen molar-refractivity contribution < 1.29 is 18.3 Å². The summed E-state index contributed by atoms with van der Waals surface area (Å²) >= 11 is 0. The Morgan fingerprint density at radius 1 is 1.31 bits per heavy atom. The van der Waals surface area contributed by atoms with Gasteiger partial charge in [0.1, 0.15) is 0 Å². The summed E-state index contributed by atoms with van der Waals surface area (Å²) in [6, 6.07) is 5.44. The molecule has 1 aromatic rings. The van der Waals surface area contributed by atoms with E-state index in [2.05, 4.69) is 5.32 Å². The number of benzene rings is 1. The van der Waals surface area contributed by atoms with Gasteiger partial charge in [-0.15, -0.1) is 0 Å². The normalized spacial score (nSPS) is 13.6. The highest BCUT2D eigenvalue weighted by Crippen LogP contribution is 2.21. The Morgan fingerprint density at radius 2 is 1.94 bits per heavy atom. The predicted molar refractivity (Wildman–Crippen MR) is 56.5 cm³/mol. The highest BCUT2D eigenvalue weighted by molar-refractivity contribution is 5.52. The van der Waals surface area contributed by atoms with Crippen LogP contribution in [-0.4, -0.2) is 23.9 Å². The Morgan fingerprint density at radius 3 is 2.50 bits per heavy atom. The van der Waals surface area contributed by atoms with Gasteiger partial charge in [-0.3, -0.25) is 0 Å². The van der Waals surface area contributed by atoms with Crippen LogP contribution < -0.4 is 5.32 Å². The summed E-state index contributed by atoms with van der Waals surface area (Å²) in [5.74, 6) is 0. The Hall–Kier alpha value is -1.23. The number of aliphatic hydroxyl groups is 1. The molecule has 90 valence electrons. The number of anilines is 1. The van der Waals surface area contributed by atoms with E-state index in [1.807, 2.05) is 19.1 Å². The third-order valence-electron chi connectivity index (χ3n) is 2.26. The maximum Gasteiger partial charge on any atom is 0.416 e. The van der Waals surface area contributed by atoms with Crippen molar-refractivity contribution in [3.8, 4) is 0 Å². The monoisotopic (exact) mass is 233 g/mol. The molecule has 2 nitrogen and oxygen atoms in total. The Balaban J connectivity index is 2.64. The van der Waals surface area contributed by atoms with Crippen LogP contribution in [0.4, 0.5) is 18.9 Å². The third kappa shape index (κ3) is 3.41. The zero-order chi connectivity index (χ0) is 12.3. The van der Waals surface area contributed by atoms with E-state index in [-0.39, 0.29) is 0 Å². The summed E-state index contributed by atoms with van der Waals surface area (Å²) in [5.41, 5.74) is 2.41. The van der Waals surface area contributed by atoms with E-state index in [1.54, 1.807) is 13.0 Å². The second kappa shape index (κ2) is 4.74. The summed E-state index contributed by atoms with van der Waals surface area (Å²) in [6.45, 7) is 3.11. The summed E-state index contributed by atoms with van der Waals surface area (Å²) < 4.78 is 36.1. The van der Waals surface area contributed by atoms with Gasteiger partial charge in [-0.05, 0) is 31.0 Å². The van der Waals surface area contributed by atoms with Crippen LogP contribution in [0.1, 0.15) is 11.1 Å². The first kappa shape index (κ1) is 12.8. The largest absolute Gasteiger partial charge is 0.416 e. The standard InChI is InChI=1S/C11H14F3NO/c1-7-3-4-8(2)9(5-7)15-6-10(16)11(12,13)14/h3-5,10,15-16H,6H2,1-2H3. The van der Waals surface area contributed by atoms with Crippen LogP contribution in [0.5, 0.6) is 0 Å². The molecule has 0 saturated heterocycles. The van der Waals surface area contributed by atoms with Crippen LogP contribution in [0.3, 0.4) is 0 Å². The topological polar surface area (TPSA) is 32.3 Å². The molecule has 1 rings (SSSR count). The molecule has 2 N–H and O–H groups in total. The van der Waals surface area contributed by atoms with Crippen molar-refractivity contribution in [1.82, 2.24) is 0 Å². The van der Waals surface area contributed by atoms with Crippen LogP contribution in [-0.2, 0) is 0 Å². The lowest BCUT2D eigenvalue weighted by Crippen LogP contribution is -2.35. The highest BCUT2D eigenvalue weighted by atomic mass is 19.4. The molecular formula is C11H14F3NO. The lowest BCUT2D eigenvalue weighted by atomic mass is 10.1. The summed E-state index contributed by atoms with van der Waals surface area (Å²) in [5, 5.41) is 11.4. The number of alkyl halides is 3. The fourth-order valence-electron chi connectivity index (χ4n) is 1.25. The van der Waals surface area contributed by atoms with Crippen molar-refractivity contribution in [2.75, 3.05) is 11.9 Å². The van der Waals surface area contributed by atoms with Gasteiger partial charge in [0.15, 0.2) is 6.10 Å². The number of aliphatic hydroxyl groups excluding tert-OH is 1. The molecular weight excluding hydrogens is 219 g/mol. The molecule has 1 aromatic carbocycles. The number of rotatable bonds is 3. The van der Waals surface area contributed by atoms with Crippen LogP contribution in [0.15, 0.2) is 18.2 Å². The summed E-state index contributed by atoms with van der Waals surface area (Å²) in [6.07, 6.45) is -6.92. The van der Waals surface area contributed by atoms with Crippen LogP contribution >= 0.6 is 0 Å². The molecule has 0 radical (unpaired) electrons. The molecule has 0 amide bonds. The van der Waals surface area contributed by atoms with Gasteiger partial charge in [-0.1, -0.05) is 12.1 Å². The summed E-state index contributed by atoms with van der Waals surface area (Å²) in [4.78, 5) is 0. The molecule has 0 aliphatic carbocycles. The maximum atomic E-state index is 12.0. The Bertz CT molecular complexity index is 363. The lowest BCUT2D eigenvalue weighted by molar-refractivity contribution is -0.198. The molecule has 0 aliphatic heterocycles. The number of aryl methyl sites for hydroxylation is 2. The molecule has 0 bridgehead atoms. The first-order valence-corrected chi connectivity index (χ1v) is 4.86. The van der Waals surface area contributed by atoms with E-state index < -0.39 is 18.8 Å². The van der Waals surface area contributed by atoms with Gasteiger partial charge in [-0.2, -0.15) is 13.2 Å². The first-order valence-electron chi connectivity index (χ1n) is 4.86. The van der Waals surface area contributed by atoms with Crippen molar-refractivity contribution in [3.05, 3.63) is 29.3 Å². The summed E-state index contributed by atoms with van der Waals surface area (Å²) in [7, 11) is 0. The molecule has 16 heavy (non-hydrogen) atoms. The number of halogens is 3. The molecule has 0 heterocycles. The highest BCUT2D eigenvalue weighted by Gasteiger charge is 2.37. The molecule has 1 atom stereocenters. The third-order valence-corrected chi connectivity index (χ3v) is 2.26. The second-order valence-corrected chi connectivity index (χ2v) is 3.76. The van der Waals surface area contributed by atoms with Gasteiger partial charge in [0, 0.05) is 12.2 Å². The van der Waals surface area contributed by atoms with Crippen LogP contribution in [0, 0.1) is 13.8 Å². The van der Waals surface area contributed by atoms with Crippen LogP contribution in [0.2, 0.25) is 0 Å². The molecule has 0 spiro atoms. The van der Waals surface area contributed by atoms with Gasteiger partial charge in [0.25, 0.3) is 0 Å².